The van der Waals surface area contributed by atoms with Gasteiger partial charge in [0.05, 0.1) is 23.9 Å². The van der Waals surface area contributed by atoms with Crippen LogP contribution in [0.4, 0.5) is 5.69 Å². The summed E-state index contributed by atoms with van der Waals surface area (Å²) in [5, 5.41) is 2.86. The van der Waals surface area contributed by atoms with Crippen molar-refractivity contribution >= 4 is 35.5 Å². The number of rotatable bonds is 11. The second-order valence-corrected chi connectivity index (χ2v) is 8.12. The van der Waals surface area contributed by atoms with Gasteiger partial charge in [0.15, 0.2) is 0 Å². The fourth-order valence-corrected chi connectivity index (χ4v) is 3.87. The molecule has 10 heteroatoms. The van der Waals surface area contributed by atoms with Crippen LogP contribution in [0.25, 0.3) is 0 Å². The monoisotopic (exact) mass is 482 g/mol. The molecule has 0 radical (unpaired) electrons. The minimum Gasteiger partial charge on any atom is -0.466 e. The van der Waals surface area contributed by atoms with Gasteiger partial charge in [0.25, 0.3) is 0 Å². The van der Waals surface area contributed by atoms with Crippen LogP contribution in [-0.2, 0) is 35.8 Å². The van der Waals surface area contributed by atoms with Gasteiger partial charge >= 0.3 is 11.9 Å². The minimum atomic E-state index is -1.18. The predicted octanol–water partition coefficient (Wildman–Crippen LogP) is 2.09. The van der Waals surface area contributed by atoms with Gasteiger partial charge in [0, 0.05) is 49.5 Å². The molecule has 0 saturated carbocycles. The highest BCUT2D eigenvalue weighted by atomic mass is 16.7. The van der Waals surface area contributed by atoms with E-state index in [9.17, 15) is 19.2 Å². The first-order valence-electron chi connectivity index (χ1n) is 11.5. The van der Waals surface area contributed by atoms with Crippen LogP contribution < -0.4 is 10.8 Å². The Bertz CT molecular complexity index is 1110. The number of aliphatic imine (C=N–C) groups is 1. The second kappa shape index (κ2) is 12.1. The Hall–Kier alpha value is -3.79. The Morgan fingerprint density at radius 1 is 1.29 bits per heavy atom. The zero-order chi connectivity index (χ0) is 25.4. The Labute approximate surface area is 203 Å². The molecule has 1 aliphatic heterocycles. The minimum absolute atomic E-state index is 0.171. The average molecular weight is 483 g/mol. The van der Waals surface area contributed by atoms with Crippen LogP contribution >= 0.6 is 0 Å². The van der Waals surface area contributed by atoms with Gasteiger partial charge in [-0.3, -0.25) is 14.6 Å². The number of nitrogens with one attached hydrogen (secondary N) is 2. The molecule has 2 heterocycles. The number of carbonyl (C=O) groups is 4. The summed E-state index contributed by atoms with van der Waals surface area (Å²) in [4.78, 5) is 58.7. The molecule has 2 aromatic rings. The number of aldehydes is 1. The molecular weight excluding hydrogens is 452 g/mol. The highest BCUT2D eigenvalue weighted by Crippen LogP contribution is 2.30. The fourth-order valence-electron chi connectivity index (χ4n) is 3.87. The number of nitrogens with zero attached hydrogens (tertiary/aromatic N) is 2. The predicted molar refractivity (Wildman–Crippen MR) is 129 cm³/mol. The third-order valence-corrected chi connectivity index (χ3v) is 5.73. The number of hydrogen-bond acceptors (Lipinski definition) is 8. The summed E-state index contributed by atoms with van der Waals surface area (Å²) in [6.07, 6.45) is 2.68. The second-order valence-electron chi connectivity index (χ2n) is 8.12. The fraction of sp³-hybridized carbons (Fsp3) is 0.400. The first-order valence-corrected chi connectivity index (χ1v) is 11.5. The van der Waals surface area contributed by atoms with Crippen LogP contribution in [0.5, 0.6) is 0 Å². The quantitative estimate of drug-likeness (QED) is 0.217. The van der Waals surface area contributed by atoms with Gasteiger partial charge in [0.1, 0.15) is 12.3 Å². The van der Waals surface area contributed by atoms with E-state index in [1.807, 2.05) is 48.9 Å². The lowest BCUT2D eigenvalue weighted by atomic mass is 9.95. The molecule has 0 bridgehead atoms. The number of aromatic nitrogens is 1. The molecule has 0 aliphatic carbocycles. The Morgan fingerprint density at radius 3 is 2.71 bits per heavy atom. The van der Waals surface area contributed by atoms with E-state index in [1.54, 1.807) is 13.1 Å². The molecule has 186 valence electrons. The molecule has 1 aliphatic rings. The molecule has 35 heavy (non-hydrogen) atoms. The number of amides is 1. The molecule has 10 nitrogen and oxygen atoms in total. The van der Waals surface area contributed by atoms with Crippen molar-refractivity contribution in [1.82, 2.24) is 10.0 Å². The number of aryl methyl sites for hydroxylation is 1. The van der Waals surface area contributed by atoms with Crippen molar-refractivity contribution in [3.8, 4) is 0 Å². The molecule has 2 N–H and O–H groups in total. The van der Waals surface area contributed by atoms with E-state index in [1.165, 1.54) is 0 Å². The number of benzene rings is 1. The summed E-state index contributed by atoms with van der Waals surface area (Å²) in [6, 6.07) is 8.17. The highest BCUT2D eigenvalue weighted by Gasteiger charge is 2.38. The normalized spacial score (nSPS) is 15.8. The SMILES string of the molecule is CCOC(=O)CCCNOC(=O)C(CC=O)C1N=C(c2ccccc2)c2c(cn(C)c2C)NC1=O. The van der Waals surface area contributed by atoms with Gasteiger partial charge in [-0.25, -0.2) is 4.79 Å². The van der Waals surface area contributed by atoms with Crippen molar-refractivity contribution in [1.29, 1.82) is 0 Å². The van der Waals surface area contributed by atoms with Gasteiger partial charge in [-0.1, -0.05) is 30.3 Å². The van der Waals surface area contributed by atoms with Crippen molar-refractivity contribution in [2.45, 2.75) is 39.2 Å². The van der Waals surface area contributed by atoms with Crippen molar-refractivity contribution in [2.24, 2.45) is 18.0 Å². The smallest absolute Gasteiger partial charge is 0.330 e. The van der Waals surface area contributed by atoms with Gasteiger partial charge in [-0.2, -0.15) is 5.48 Å². The number of anilines is 1. The Kier molecular flexibility index (Phi) is 8.91. The first-order chi connectivity index (χ1) is 16.9. The van der Waals surface area contributed by atoms with E-state index >= 15 is 0 Å². The van der Waals surface area contributed by atoms with E-state index in [-0.39, 0.29) is 25.4 Å². The molecule has 1 aromatic carbocycles. The number of hydrogen-bond donors (Lipinski definition) is 2. The topological polar surface area (TPSA) is 128 Å². The lowest BCUT2D eigenvalue weighted by Crippen LogP contribution is -2.40. The molecule has 2 unspecified atom stereocenters. The van der Waals surface area contributed by atoms with Crippen LogP contribution in [0.2, 0.25) is 0 Å². The van der Waals surface area contributed by atoms with E-state index in [2.05, 4.69) is 10.8 Å². The maximum absolute atomic E-state index is 13.2. The summed E-state index contributed by atoms with van der Waals surface area (Å²) >= 11 is 0. The van der Waals surface area contributed by atoms with Crippen molar-refractivity contribution in [3.63, 3.8) is 0 Å². The third-order valence-electron chi connectivity index (χ3n) is 5.73. The number of fused-ring (bicyclic) bond motifs is 1. The average Bonchev–Trinajstić information content (AvgIpc) is 3.02. The van der Waals surface area contributed by atoms with E-state index in [0.717, 1.165) is 16.8 Å². The maximum atomic E-state index is 13.2. The van der Waals surface area contributed by atoms with Crippen molar-refractivity contribution in [2.75, 3.05) is 18.5 Å². The van der Waals surface area contributed by atoms with Gasteiger partial charge in [-0.05, 0) is 20.3 Å². The number of esters is 1. The molecule has 2 atom stereocenters. The van der Waals surface area contributed by atoms with Crippen LogP contribution in [0.3, 0.4) is 0 Å². The van der Waals surface area contributed by atoms with Crippen LogP contribution in [0.1, 0.15) is 43.0 Å². The summed E-state index contributed by atoms with van der Waals surface area (Å²) in [5.74, 6) is -2.77. The number of hydroxylamine groups is 1. The first kappa shape index (κ1) is 25.8. The highest BCUT2D eigenvalue weighted by molar-refractivity contribution is 6.20. The molecule has 0 spiro atoms. The van der Waals surface area contributed by atoms with Crippen LogP contribution in [0, 0.1) is 12.8 Å². The molecular formula is C25H30N4O6. The maximum Gasteiger partial charge on any atom is 0.330 e. The zero-order valence-electron chi connectivity index (χ0n) is 20.1. The Balaban J connectivity index is 1.84. The Morgan fingerprint density at radius 2 is 2.03 bits per heavy atom. The molecule has 0 saturated heterocycles. The van der Waals surface area contributed by atoms with Crippen LogP contribution in [-0.4, -0.2) is 53.6 Å². The lowest BCUT2D eigenvalue weighted by Gasteiger charge is -2.20. The third kappa shape index (κ3) is 6.21. The zero-order valence-corrected chi connectivity index (χ0v) is 20.1. The summed E-state index contributed by atoms with van der Waals surface area (Å²) in [6.45, 7) is 4.15. The van der Waals surface area contributed by atoms with E-state index in [0.29, 0.717) is 30.7 Å². The summed E-state index contributed by atoms with van der Waals surface area (Å²) in [5.41, 5.74) is 6.06. The molecule has 1 amide bonds. The van der Waals surface area contributed by atoms with Crippen molar-refractivity contribution < 1.29 is 28.8 Å². The van der Waals surface area contributed by atoms with Crippen LogP contribution in [0.15, 0.2) is 41.5 Å². The molecule has 3 rings (SSSR count). The number of ether oxygens (including phenoxy) is 1. The summed E-state index contributed by atoms with van der Waals surface area (Å²) in [7, 11) is 1.87. The van der Waals surface area contributed by atoms with Crippen molar-refractivity contribution in [3.05, 3.63) is 53.3 Å². The molecule has 0 fully saturated rings. The lowest BCUT2D eigenvalue weighted by molar-refractivity contribution is -0.158. The number of carbonyl (C=O) groups excluding carboxylic acids is 4. The largest absolute Gasteiger partial charge is 0.466 e. The van der Waals surface area contributed by atoms with Gasteiger partial charge in [0.2, 0.25) is 5.91 Å². The van der Waals surface area contributed by atoms with E-state index in [4.69, 9.17) is 14.6 Å². The summed E-state index contributed by atoms with van der Waals surface area (Å²) < 4.78 is 6.74. The van der Waals surface area contributed by atoms with Gasteiger partial charge in [-0.15, -0.1) is 0 Å². The standard InChI is InChI=1S/C25H30N4O6/c1-4-34-20(31)11-8-13-26-35-25(33)18(12-14-30)23-24(32)27-19-15-29(3)16(2)21(19)22(28-23)17-9-6-5-7-10-17/h5-7,9-10,14-15,18,23,26H,4,8,11-13H2,1-3H3,(H,27,32). The van der Waals surface area contributed by atoms with E-state index < -0.39 is 23.8 Å². The van der Waals surface area contributed by atoms with Gasteiger partial charge < -0.3 is 24.3 Å². The molecule has 1 aromatic heterocycles.